The van der Waals surface area contributed by atoms with Gasteiger partial charge in [0.05, 0.1) is 0 Å². The molecule has 0 saturated heterocycles. The van der Waals surface area contributed by atoms with Crippen molar-refractivity contribution in [2.45, 2.75) is 19.7 Å². The van der Waals surface area contributed by atoms with Crippen molar-refractivity contribution in [2.24, 2.45) is 7.05 Å². The van der Waals surface area contributed by atoms with Gasteiger partial charge in [-0.1, -0.05) is 31.2 Å². The third kappa shape index (κ3) is 2.26. The molecule has 1 heterocycles. The molecule has 0 saturated carbocycles. The lowest BCUT2D eigenvalue weighted by molar-refractivity contribution is 0.865. The molecule has 0 aromatic carbocycles. The van der Waals surface area contributed by atoms with E-state index in [1.165, 1.54) is 0 Å². The van der Waals surface area contributed by atoms with Crippen molar-refractivity contribution < 1.29 is 0 Å². The zero-order valence-electron chi connectivity index (χ0n) is 7.58. The fourth-order valence-electron chi connectivity index (χ4n) is 1.05. The van der Waals surface area contributed by atoms with Crippen molar-refractivity contribution in [1.82, 2.24) is 4.57 Å². The van der Waals surface area contributed by atoms with Gasteiger partial charge in [0.25, 0.3) is 0 Å². The van der Waals surface area contributed by atoms with E-state index in [4.69, 9.17) is 0 Å². The molecule has 0 atom stereocenters. The van der Waals surface area contributed by atoms with Crippen molar-refractivity contribution >= 4 is 12.7 Å². The number of hydrogen-bond donors (Lipinski definition) is 0. The lowest BCUT2D eigenvalue weighted by Crippen LogP contribution is -2.24. The van der Waals surface area contributed by atoms with Gasteiger partial charge < -0.3 is 4.57 Å². The molecule has 1 rings (SSSR count). The van der Waals surface area contributed by atoms with E-state index >= 15 is 0 Å². The van der Waals surface area contributed by atoms with Gasteiger partial charge in [-0.3, -0.25) is 4.79 Å². The molecular weight excluding hydrogens is 149 g/mol. The summed E-state index contributed by atoms with van der Waals surface area (Å²) >= 11 is 0. The summed E-state index contributed by atoms with van der Waals surface area (Å²) in [7, 11) is 3.91. The van der Waals surface area contributed by atoms with Crippen molar-refractivity contribution in [3.63, 3.8) is 0 Å². The summed E-state index contributed by atoms with van der Waals surface area (Å²) in [6.07, 6.45) is 4.07. The number of rotatable bonds is 3. The summed E-state index contributed by atoms with van der Waals surface area (Å²) in [5, 5.41) is 0. The van der Waals surface area contributed by atoms with Crippen LogP contribution in [0.4, 0.5) is 0 Å². The Kier molecular flexibility index (Phi) is 3.14. The molecule has 0 aliphatic heterocycles. The van der Waals surface area contributed by atoms with Crippen LogP contribution in [0.3, 0.4) is 0 Å². The quantitative estimate of drug-likeness (QED) is 0.594. The second kappa shape index (κ2) is 4.14. The molecular formula is C9H13BNO. The largest absolute Gasteiger partial charge is 0.319 e. The molecule has 1 aromatic heterocycles. The van der Waals surface area contributed by atoms with Gasteiger partial charge in [0, 0.05) is 19.3 Å². The zero-order chi connectivity index (χ0) is 8.97. The fourth-order valence-corrected chi connectivity index (χ4v) is 1.05. The van der Waals surface area contributed by atoms with Crippen molar-refractivity contribution in [1.29, 1.82) is 0 Å². The Bertz CT molecular complexity index is 306. The van der Waals surface area contributed by atoms with Gasteiger partial charge in [0.1, 0.15) is 0 Å². The maximum atomic E-state index is 11.0. The molecule has 1 radical (unpaired) electrons. The first-order valence-electron chi connectivity index (χ1n) is 4.24. The number of pyridine rings is 1. The van der Waals surface area contributed by atoms with Crippen LogP contribution in [-0.2, 0) is 7.05 Å². The van der Waals surface area contributed by atoms with Crippen molar-refractivity contribution in [3.8, 4) is 0 Å². The molecule has 3 heteroatoms. The van der Waals surface area contributed by atoms with Gasteiger partial charge >= 0.3 is 0 Å². The highest BCUT2D eigenvalue weighted by molar-refractivity contribution is 6.53. The Hall–Kier alpha value is -0.985. The van der Waals surface area contributed by atoms with Gasteiger partial charge in [-0.2, -0.15) is 0 Å². The second-order valence-electron chi connectivity index (χ2n) is 2.90. The Morgan fingerprint density at radius 2 is 2.25 bits per heavy atom. The molecule has 0 amide bonds. The smallest absolute Gasteiger partial charge is 0.250 e. The molecule has 0 aliphatic rings. The maximum Gasteiger partial charge on any atom is 0.250 e. The molecule has 0 aliphatic carbocycles. The number of aryl methyl sites for hydroxylation is 1. The van der Waals surface area contributed by atoms with Gasteiger partial charge in [-0.25, -0.2) is 0 Å². The van der Waals surface area contributed by atoms with E-state index in [0.717, 1.165) is 18.2 Å². The van der Waals surface area contributed by atoms with Crippen LogP contribution in [0.5, 0.6) is 0 Å². The number of nitrogens with zero attached hydrogens (tertiary/aromatic N) is 1. The Labute approximate surface area is 73.5 Å². The standard InChI is InChI=1S/C9H13BNO/c1-3-6-10-8-4-5-9(12)11(2)7-8/h4-5,7H,3,6H2,1-2H3. The molecule has 0 unspecified atom stereocenters. The van der Waals surface area contributed by atoms with Crippen LogP contribution in [0.25, 0.3) is 0 Å². The highest BCUT2D eigenvalue weighted by atomic mass is 16.1. The highest BCUT2D eigenvalue weighted by Gasteiger charge is 1.95. The Balaban J connectivity index is 2.75. The molecule has 1 aromatic rings. The molecule has 0 bridgehead atoms. The predicted molar refractivity (Wildman–Crippen MR) is 52.2 cm³/mol. The summed E-state index contributed by atoms with van der Waals surface area (Å²) in [5.41, 5.74) is 1.17. The lowest BCUT2D eigenvalue weighted by atomic mass is 9.67. The Morgan fingerprint density at radius 1 is 1.50 bits per heavy atom. The van der Waals surface area contributed by atoms with Gasteiger partial charge in [0.2, 0.25) is 5.56 Å². The third-order valence-corrected chi connectivity index (χ3v) is 1.78. The topological polar surface area (TPSA) is 22.0 Å². The van der Waals surface area contributed by atoms with Crippen LogP contribution in [0, 0.1) is 0 Å². The highest BCUT2D eigenvalue weighted by Crippen LogP contribution is 1.85. The minimum atomic E-state index is 0.0450. The van der Waals surface area contributed by atoms with E-state index in [1.54, 1.807) is 17.7 Å². The van der Waals surface area contributed by atoms with Gasteiger partial charge in [-0.05, 0) is 0 Å². The van der Waals surface area contributed by atoms with Gasteiger partial charge in [0.15, 0.2) is 7.28 Å². The van der Waals surface area contributed by atoms with E-state index in [2.05, 4.69) is 14.2 Å². The Morgan fingerprint density at radius 3 is 2.83 bits per heavy atom. The summed E-state index contributed by atoms with van der Waals surface area (Å²) < 4.78 is 1.60. The lowest BCUT2D eigenvalue weighted by Gasteiger charge is -2.00. The fraction of sp³-hybridized carbons (Fsp3) is 0.444. The predicted octanol–water partition coefficient (Wildman–Crippen LogP) is 0.543. The molecule has 12 heavy (non-hydrogen) atoms. The van der Waals surface area contributed by atoms with Crippen molar-refractivity contribution in [2.75, 3.05) is 0 Å². The van der Waals surface area contributed by atoms with Crippen LogP contribution in [0.2, 0.25) is 6.32 Å². The number of aromatic nitrogens is 1. The number of hydrogen-bond acceptors (Lipinski definition) is 1. The van der Waals surface area contributed by atoms with E-state index < -0.39 is 0 Å². The van der Waals surface area contributed by atoms with E-state index in [1.807, 2.05) is 12.3 Å². The maximum absolute atomic E-state index is 11.0. The van der Waals surface area contributed by atoms with Crippen LogP contribution >= 0.6 is 0 Å². The first kappa shape index (κ1) is 9.11. The van der Waals surface area contributed by atoms with Crippen molar-refractivity contribution in [3.05, 3.63) is 28.7 Å². The van der Waals surface area contributed by atoms with E-state index in [0.29, 0.717) is 0 Å². The summed E-state index contributed by atoms with van der Waals surface area (Å²) in [6.45, 7) is 2.14. The molecule has 2 nitrogen and oxygen atoms in total. The van der Waals surface area contributed by atoms with Crippen LogP contribution in [-0.4, -0.2) is 11.8 Å². The molecule has 0 spiro atoms. The summed E-state index contributed by atoms with van der Waals surface area (Å²) in [5.74, 6) is 0. The minimum absolute atomic E-state index is 0.0450. The summed E-state index contributed by atoms with van der Waals surface area (Å²) in [6, 6.07) is 3.46. The minimum Gasteiger partial charge on any atom is -0.319 e. The third-order valence-electron chi connectivity index (χ3n) is 1.78. The van der Waals surface area contributed by atoms with Crippen LogP contribution in [0.1, 0.15) is 13.3 Å². The normalized spacial score (nSPS) is 9.83. The van der Waals surface area contributed by atoms with E-state index in [9.17, 15) is 4.79 Å². The summed E-state index contributed by atoms with van der Waals surface area (Å²) in [4.78, 5) is 11.0. The molecule has 63 valence electrons. The van der Waals surface area contributed by atoms with Crippen LogP contribution in [0.15, 0.2) is 23.1 Å². The SMILES string of the molecule is CCC[B]c1ccc(=O)n(C)c1. The average molecular weight is 162 g/mol. The zero-order valence-corrected chi connectivity index (χ0v) is 7.58. The first-order valence-corrected chi connectivity index (χ1v) is 4.24. The monoisotopic (exact) mass is 162 g/mol. The van der Waals surface area contributed by atoms with E-state index in [-0.39, 0.29) is 5.56 Å². The molecule has 0 N–H and O–H groups in total. The van der Waals surface area contributed by atoms with Gasteiger partial charge in [-0.15, -0.1) is 0 Å². The second-order valence-corrected chi connectivity index (χ2v) is 2.90. The van der Waals surface area contributed by atoms with Crippen LogP contribution < -0.4 is 11.0 Å². The first-order chi connectivity index (χ1) is 5.74. The molecule has 0 fully saturated rings. The average Bonchev–Trinajstić information content (AvgIpc) is 2.07.